The highest BCUT2D eigenvalue weighted by Gasteiger charge is 2.34. The molecule has 0 spiro atoms. The average Bonchev–Trinajstić information content (AvgIpc) is 3.30. The lowest BCUT2D eigenvalue weighted by Crippen LogP contribution is -2.54. The van der Waals surface area contributed by atoms with Crippen LogP contribution in [-0.2, 0) is 4.79 Å². The first kappa shape index (κ1) is 20.3. The molecule has 8 nitrogen and oxygen atoms in total. The zero-order chi connectivity index (χ0) is 20.9. The molecule has 2 aliphatic heterocycles. The summed E-state index contributed by atoms with van der Waals surface area (Å²) in [6, 6.07) is 10.9. The molecule has 2 unspecified atom stereocenters. The first-order chi connectivity index (χ1) is 14.7. The van der Waals surface area contributed by atoms with Gasteiger partial charge in [-0.05, 0) is 55.3 Å². The number of aromatic nitrogens is 1. The van der Waals surface area contributed by atoms with Gasteiger partial charge in [0.1, 0.15) is 11.8 Å². The highest BCUT2D eigenvalue weighted by Crippen LogP contribution is 2.23. The van der Waals surface area contributed by atoms with Crippen molar-refractivity contribution in [2.45, 2.75) is 25.4 Å². The fourth-order valence-corrected chi connectivity index (χ4v) is 3.93. The lowest BCUT2D eigenvalue weighted by Gasteiger charge is -2.36. The third-order valence-electron chi connectivity index (χ3n) is 5.60. The zero-order valence-corrected chi connectivity index (χ0v) is 17.1. The second kappa shape index (κ2) is 9.23. The van der Waals surface area contributed by atoms with Crippen LogP contribution in [0.5, 0.6) is 5.75 Å². The standard InChI is InChI=1S/C22H27N5O3/c1-2-30-18-5-3-17(4-6-18)21(28)26-11-13-27(14-12-26)22(29)20-15-19(24-25-20)16-7-9-23-10-8-16/h3-10,19-20,24-25H,2,11-15H2,1H3. The predicted octanol–water partition coefficient (Wildman–Crippen LogP) is 1.37. The molecule has 8 heteroatoms. The van der Waals surface area contributed by atoms with E-state index in [4.69, 9.17) is 4.74 Å². The lowest BCUT2D eigenvalue weighted by molar-refractivity contribution is -0.134. The van der Waals surface area contributed by atoms with E-state index in [9.17, 15) is 9.59 Å². The minimum absolute atomic E-state index is 0.0106. The van der Waals surface area contributed by atoms with Crippen molar-refractivity contribution in [2.24, 2.45) is 0 Å². The second-order valence-corrected chi connectivity index (χ2v) is 7.48. The minimum Gasteiger partial charge on any atom is -0.494 e. The Morgan fingerprint density at radius 1 is 1.00 bits per heavy atom. The molecule has 2 amide bonds. The van der Waals surface area contributed by atoms with Crippen LogP contribution < -0.4 is 15.6 Å². The van der Waals surface area contributed by atoms with E-state index in [1.807, 2.05) is 36.1 Å². The first-order valence-corrected chi connectivity index (χ1v) is 10.4. The van der Waals surface area contributed by atoms with Crippen molar-refractivity contribution in [3.05, 3.63) is 59.9 Å². The summed E-state index contributed by atoms with van der Waals surface area (Å²) in [7, 11) is 0. The normalized spacial score (nSPS) is 21.5. The van der Waals surface area contributed by atoms with Gasteiger partial charge in [-0.2, -0.15) is 0 Å². The second-order valence-electron chi connectivity index (χ2n) is 7.48. The van der Waals surface area contributed by atoms with Crippen LogP contribution in [0, 0.1) is 0 Å². The number of hydrazine groups is 1. The maximum absolute atomic E-state index is 12.9. The molecule has 0 saturated carbocycles. The van der Waals surface area contributed by atoms with Crippen LogP contribution in [0.25, 0.3) is 0 Å². The summed E-state index contributed by atoms with van der Waals surface area (Å²) in [5.41, 5.74) is 8.08. The van der Waals surface area contributed by atoms with Crippen molar-refractivity contribution in [3.63, 3.8) is 0 Å². The number of ether oxygens (including phenoxy) is 1. The summed E-state index contributed by atoms with van der Waals surface area (Å²) >= 11 is 0. The molecule has 2 atom stereocenters. The highest BCUT2D eigenvalue weighted by molar-refractivity contribution is 5.94. The molecular weight excluding hydrogens is 382 g/mol. The number of hydrogen-bond acceptors (Lipinski definition) is 6. The Hall–Kier alpha value is -2.97. The molecule has 2 N–H and O–H groups in total. The van der Waals surface area contributed by atoms with Crippen molar-refractivity contribution in [1.82, 2.24) is 25.6 Å². The van der Waals surface area contributed by atoms with E-state index in [0.29, 0.717) is 44.8 Å². The Labute approximate surface area is 176 Å². The summed E-state index contributed by atoms with van der Waals surface area (Å²) in [4.78, 5) is 33.4. The molecular formula is C22H27N5O3. The highest BCUT2D eigenvalue weighted by atomic mass is 16.5. The molecule has 4 rings (SSSR count). The molecule has 2 fully saturated rings. The van der Waals surface area contributed by atoms with Crippen molar-refractivity contribution in [2.75, 3.05) is 32.8 Å². The third-order valence-corrected chi connectivity index (χ3v) is 5.60. The molecule has 0 aliphatic carbocycles. The number of pyridine rings is 1. The largest absolute Gasteiger partial charge is 0.494 e. The Bertz CT molecular complexity index is 866. The number of amides is 2. The van der Waals surface area contributed by atoms with E-state index >= 15 is 0 Å². The number of benzene rings is 1. The molecule has 1 aromatic carbocycles. The number of nitrogens with one attached hydrogen (secondary N) is 2. The van der Waals surface area contributed by atoms with Crippen LogP contribution in [0.3, 0.4) is 0 Å². The van der Waals surface area contributed by atoms with E-state index in [0.717, 1.165) is 11.3 Å². The van der Waals surface area contributed by atoms with E-state index < -0.39 is 0 Å². The number of carbonyl (C=O) groups is 2. The van der Waals surface area contributed by atoms with Gasteiger partial charge in [0, 0.05) is 50.2 Å². The van der Waals surface area contributed by atoms with Gasteiger partial charge < -0.3 is 14.5 Å². The van der Waals surface area contributed by atoms with E-state index in [2.05, 4.69) is 15.8 Å². The molecule has 30 heavy (non-hydrogen) atoms. The van der Waals surface area contributed by atoms with Gasteiger partial charge in [0.15, 0.2) is 0 Å². The van der Waals surface area contributed by atoms with Gasteiger partial charge in [0.05, 0.1) is 6.61 Å². The molecule has 2 aromatic rings. The van der Waals surface area contributed by atoms with Gasteiger partial charge in [0.25, 0.3) is 5.91 Å². The van der Waals surface area contributed by atoms with Crippen molar-refractivity contribution < 1.29 is 14.3 Å². The quantitative estimate of drug-likeness (QED) is 0.776. The lowest BCUT2D eigenvalue weighted by atomic mass is 10.0. The molecule has 0 bridgehead atoms. The van der Waals surface area contributed by atoms with Gasteiger partial charge >= 0.3 is 0 Å². The predicted molar refractivity (Wildman–Crippen MR) is 112 cm³/mol. The molecule has 1 aromatic heterocycles. The maximum atomic E-state index is 12.9. The molecule has 3 heterocycles. The summed E-state index contributed by atoms with van der Waals surface area (Å²) in [6.07, 6.45) is 4.20. The molecule has 2 saturated heterocycles. The number of piperazine rings is 1. The monoisotopic (exact) mass is 409 g/mol. The van der Waals surface area contributed by atoms with Gasteiger partial charge in [0.2, 0.25) is 5.91 Å². The summed E-state index contributed by atoms with van der Waals surface area (Å²) < 4.78 is 5.43. The number of nitrogens with zero attached hydrogens (tertiary/aromatic N) is 3. The Morgan fingerprint density at radius 3 is 2.33 bits per heavy atom. The van der Waals surface area contributed by atoms with Crippen LogP contribution in [0.2, 0.25) is 0 Å². The Morgan fingerprint density at radius 2 is 1.67 bits per heavy atom. The minimum atomic E-state index is -0.267. The van der Waals surface area contributed by atoms with Crippen molar-refractivity contribution in [3.8, 4) is 5.75 Å². The van der Waals surface area contributed by atoms with Crippen LogP contribution in [0.4, 0.5) is 0 Å². The Balaban J connectivity index is 1.29. The summed E-state index contributed by atoms with van der Waals surface area (Å²) in [5, 5.41) is 0. The van der Waals surface area contributed by atoms with Gasteiger partial charge in [-0.1, -0.05) is 0 Å². The first-order valence-electron chi connectivity index (χ1n) is 10.4. The summed E-state index contributed by atoms with van der Waals surface area (Å²) in [5.74, 6) is 0.822. The molecule has 2 aliphatic rings. The smallest absolute Gasteiger partial charge is 0.253 e. The van der Waals surface area contributed by atoms with Gasteiger partial charge in [-0.3, -0.25) is 14.6 Å². The maximum Gasteiger partial charge on any atom is 0.253 e. The van der Waals surface area contributed by atoms with Crippen LogP contribution in [-0.4, -0.2) is 65.4 Å². The third kappa shape index (κ3) is 4.44. The molecule has 158 valence electrons. The number of hydrogen-bond donors (Lipinski definition) is 2. The zero-order valence-electron chi connectivity index (χ0n) is 17.1. The average molecular weight is 409 g/mol. The Kier molecular flexibility index (Phi) is 6.25. The SMILES string of the molecule is CCOc1ccc(C(=O)N2CCN(C(=O)C3CC(c4ccncc4)NN3)CC2)cc1. The fourth-order valence-electron chi connectivity index (χ4n) is 3.93. The van der Waals surface area contributed by atoms with Gasteiger partial charge in [-0.25, -0.2) is 10.9 Å². The van der Waals surface area contributed by atoms with Crippen molar-refractivity contribution in [1.29, 1.82) is 0 Å². The number of carbonyl (C=O) groups excluding carboxylic acids is 2. The van der Waals surface area contributed by atoms with E-state index in [1.165, 1.54) is 0 Å². The topological polar surface area (TPSA) is 86.8 Å². The van der Waals surface area contributed by atoms with Crippen molar-refractivity contribution >= 4 is 11.8 Å². The van der Waals surface area contributed by atoms with Crippen LogP contribution in [0.1, 0.15) is 35.3 Å². The van der Waals surface area contributed by atoms with E-state index in [1.54, 1.807) is 29.4 Å². The van der Waals surface area contributed by atoms with Crippen LogP contribution >= 0.6 is 0 Å². The van der Waals surface area contributed by atoms with Gasteiger partial charge in [-0.15, -0.1) is 0 Å². The fraction of sp³-hybridized carbons (Fsp3) is 0.409. The molecule has 0 radical (unpaired) electrons. The number of rotatable bonds is 5. The van der Waals surface area contributed by atoms with Crippen LogP contribution in [0.15, 0.2) is 48.8 Å². The van der Waals surface area contributed by atoms with E-state index in [-0.39, 0.29) is 23.9 Å². The summed E-state index contributed by atoms with van der Waals surface area (Å²) in [6.45, 7) is 4.67.